The molecule has 0 radical (unpaired) electrons. The Morgan fingerprint density at radius 3 is 2.22 bits per heavy atom. The maximum Gasteiger partial charge on any atom is 0.150 e. The number of hydrogen-bond acceptors (Lipinski definition) is 3. The summed E-state index contributed by atoms with van der Waals surface area (Å²) in [5, 5.41) is 0. The molecule has 0 saturated carbocycles. The highest BCUT2D eigenvalue weighted by molar-refractivity contribution is 7.91. The highest BCUT2D eigenvalue weighted by atomic mass is 32.2. The van der Waals surface area contributed by atoms with E-state index in [0.29, 0.717) is 12.8 Å². The van der Waals surface area contributed by atoms with Gasteiger partial charge in [0.05, 0.1) is 5.75 Å². The largest absolute Gasteiger partial charge is 0.324 e. The van der Waals surface area contributed by atoms with Crippen molar-refractivity contribution in [3.63, 3.8) is 0 Å². The lowest BCUT2D eigenvalue weighted by Gasteiger charge is -2.23. The molecular formula is C14H21NO2S. The molecule has 0 spiro atoms. The topological polar surface area (TPSA) is 60.2 Å². The maximum absolute atomic E-state index is 11.7. The third-order valence-corrected chi connectivity index (χ3v) is 5.49. The van der Waals surface area contributed by atoms with Crippen LogP contribution in [0.5, 0.6) is 0 Å². The molecular weight excluding hydrogens is 246 g/mol. The van der Waals surface area contributed by atoms with Gasteiger partial charge >= 0.3 is 0 Å². The second kappa shape index (κ2) is 5.02. The Morgan fingerprint density at radius 1 is 1.17 bits per heavy atom. The first-order chi connectivity index (χ1) is 8.44. The van der Waals surface area contributed by atoms with E-state index in [-0.39, 0.29) is 17.0 Å². The lowest BCUT2D eigenvalue weighted by molar-refractivity contribution is 0.432. The molecule has 0 heterocycles. The van der Waals surface area contributed by atoms with Crippen molar-refractivity contribution >= 4 is 9.84 Å². The molecule has 0 aromatic heterocycles. The van der Waals surface area contributed by atoms with Crippen LogP contribution in [0.1, 0.15) is 30.9 Å². The van der Waals surface area contributed by atoms with Crippen molar-refractivity contribution < 1.29 is 8.42 Å². The van der Waals surface area contributed by atoms with Gasteiger partial charge in [0.1, 0.15) is 9.84 Å². The molecule has 2 rings (SSSR count). The summed E-state index contributed by atoms with van der Waals surface area (Å²) < 4.78 is 23.5. The lowest BCUT2D eigenvalue weighted by atomic mass is 9.94. The summed E-state index contributed by atoms with van der Waals surface area (Å²) in [4.78, 5) is 0. The van der Waals surface area contributed by atoms with Crippen LogP contribution in [0.4, 0.5) is 0 Å². The quantitative estimate of drug-likeness (QED) is 0.883. The van der Waals surface area contributed by atoms with Gasteiger partial charge in [-0.1, -0.05) is 31.2 Å². The van der Waals surface area contributed by atoms with Gasteiger partial charge in [-0.2, -0.15) is 0 Å². The van der Waals surface area contributed by atoms with Gasteiger partial charge in [-0.15, -0.1) is 0 Å². The first kappa shape index (κ1) is 13.6. The van der Waals surface area contributed by atoms with E-state index in [4.69, 9.17) is 5.73 Å². The van der Waals surface area contributed by atoms with E-state index in [1.807, 2.05) is 19.1 Å². The fourth-order valence-corrected chi connectivity index (χ4v) is 4.22. The standard InChI is InChI=1S/C14H21NO2S/c1-2-8-18(16,17)9-7-14(15)10-12-5-3-4-6-13(12)11-14/h3-6H,2,7-11,15H2,1H3. The summed E-state index contributed by atoms with van der Waals surface area (Å²) in [6.45, 7) is 1.89. The molecule has 1 aromatic rings. The molecule has 0 atom stereocenters. The summed E-state index contributed by atoms with van der Waals surface area (Å²) >= 11 is 0. The van der Waals surface area contributed by atoms with Gasteiger partial charge in [-0.3, -0.25) is 0 Å². The fourth-order valence-electron chi connectivity index (χ4n) is 2.67. The Kier molecular flexibility index (Phi) is 3.78. The van der Waals surface area contributed by atoms with Gasteiger partial charge in [-0.05, 0) is 36.8 Å². The van der Waals surface area contributed by atoms with Crippen molar-refractivity contribution in [2.75, 3.05) is 11.5 Å². The van der Waals surface area contributed by atoms with E-state index < -0.39 is 9.84 Å². The minimum Gasteiger partial charge on any atom is -0.324 e. The van der Waals surface area contributed by atoms with Gasteiger partial charge in [0.15, 0.2) is 0 Å². The summed E-state index contributed by atoms with van der Waals surface area (Å²) in [5.41, 5.74) is 8.52. The smallest absolute Gasteiger partial charge is 0.150 e. The number of fused-ring (bicyclic) bond motifs is 1. The first-order valence-electron chi connectivity index (χ1n) is 6.50. The molecule has 1 aliphatic carbocycles. The van der Waals surface area contributed by atoms with Crippen LogP contribution in [-0.4, -0.2) is 25.5 Å². The zero-order chi connectivity index (χ0) is 13.2. The summed E-state index contributed by atoms with van der Waals surface area (Å²) in [7, 11) is -2.92. The number of nitrogens with two attached hydrogens (primary N) is 1. The van der Waals surface area contributed by atoms with Crippen LogP contribution < -0.4 is 5.73 Å². The zero-order valence-electron chi connectivity index (χ0n) is 10.9. The Hall–Kier alpha value is -0.870. The Balaban J connectivity index is 2.00. The monoisotopic (exact) mass is 267 g/mol. The van der Waals surface area contributed by atoms with Crippen molar-refractivity contribution in [1.29, 1.82) is 0 Å². The SMILES string of the molecule is CCCS(=O)(=O)CCC1(N)Cc2ccccc2C1. The van der Waals surface area contributed by atoms with Crippen molar-refractivity contribution in [2.45, 2.75) is 38.1 Å². The molecule has 0 amide bonds. The summed E-state index contributed by atoms with van der Waals surface area (Å²) in [6.07, 6.45) is 2.83. The minimum atomic E-state index is -2.92. The molecule has 3 nitrogen and oxygen atoms in total. The molecule has 0 unspecified atom stereocenters. The van der Waals surface area contributed by atoms with Crippen LogP contribution in [0.2, 0.25) is 0 Å². The van der Waals surface area contributed by atoms with Crippen molar-refractivity contribution in [3.8, 4) is 0 Å². The van der Waals surface area contributed by atoms with Crippen LogP contribution in [0.3, 0.4) is 0 Å². The number of sulfone groups is 1. The van der Waals surface area contributed by atoms with E-state index in [1.54, 1.807) is 0 Å². The number of rotatable bonds is 5. The predicted octanol–water partition coefficient (Wildman–Crippen LogP) is 1.70. The van der Waals surface area contributed by atoms with Crippen molar-refractivity contribution in [1.82, 2.24) is 0 Å². The molecule has 1 aromatic carbocycles. The maximum atomic E-state index is 11.7. The Bertz CT molecular complexity index is 497. The van der Waals surface area contributed by atoms with E-state index in [2.05, 4.69) is 12.1 Å². The second-order valence-electron chi connectivity index (χ2n) is 5.39. The van der Waals surface area contributed by atoms with E-state index >= 15 is 0 Å². The molecule has 2 N–H and O–H groups in total. The zero-order valence-corrected chi connectivity index (χ0v) is 11.7. The van der Waals surface area contributed by atoms with Gasteiger partial charge in [0.2, 0.25) is 0 Å². The van der Waals surface area contributed by atoms with Crippen LogP contribution in [0.25, 0.3) is 0 Å². The second-order valence-corrected chi connectivity index (χ2v) is 7.69. The van der Waals surface area contributed by atoms with Gasteiger partial charge < -0.3 is 5.73 Å². The first-order valence-corrected chi connectivity index (χ1v) is 8.32. The highest BCUT2D eigenvalue weighted by Gasteiger charge is 2.34. The average molecular weight is 267 g/mol. The Labute approximate surface area is 109 Å². The fraction of sp³-hybridized carbons (Fsp3) is 0.571. The van der Waals surface area contributed by atoms with Crippen molar-refractivity contribution in [3.05, 3.63) is 35.4 Å². The van der Waals surface area contributed by atoms with Crippen LogP contribution in [0, 0.1) is 0 Å². The highest BCUT2D eigenvalue weighted by Crippen LogP contribution is 2.30. The third kappa shape index (κ3) is 3.12. The normalized spacial score (nSPS) is 17.7. The van der Waals surface area contributed by atoms with Crippen molar-refractivity contribution in [2.24, 2.45) is 5.73 Å². The lowest BCUT2D eigenvalue weighted by Crippen LogP contribution is -2.42. The molecule has 18 heavy (non-hydrogen) atoms. The number of hydrogen-bond donors (Lipinski definition) is 1. The minimum absolute atomic E-state index is 0.214. The predicted molar refractivity (Wildman–Crippen MR) is 74.3 cm³/mol. The molecule has 0 aliphatic heterocycles. The third-order valence-electron chi connectivity index (χ3n) is 3.63. The molecule has 0 saturated heterocycles. The van der Waals surface area contributed by atoms with Gasteiger partial charge in [0.25, 0.3) is 0 Å². The summed E-state index contributed by atoms with van der Waals surface area (Å²) in [5.74, 6) is 0.487. The van der Waals surface area contributed by atoms with E-state index in [9.17, 15) is 8.42 Å². The van der Waals surface area contributed by atoms with E-state index in [1.165, 1.54) is 11.1 Å². The number of benzene rings is 1. The molecule has 100 valence electrons. The van der Waals surface area contributed by atoms with E-state index in [0.717, 1.165) is 12.8 Å². The molecule has 0 bridgehead atoms. The van der Waals surface area contributed by atoms with Crippen LogP contribution in [-0.2, 0) is 22.7 Å². The van der Waals surface area contributed by atoms with Crippen LogP contribution in [0.15, 0.2) is 24.3 Å². The molecule has 1 aliphatic rings. The van der Waals surface area contributed by atoms with Gasteiger partial charge in [-0.25, -0.2) is 8.42 Å². The van der Waals surface area contributed by atoms with Gasteiger partial charge in [0, 0.05) is 11.3 Å². The molecule has 4 heteroatoms. The summed E-state index contributed by atoms with van der Waals surface area (Å²) in [6, 6.07) is 8.20. The Morgan fingerprint density at radius 2 is 1.72 bits per heavy atom. The average Bonchev–Trinajstić information content (AvgIpc) is 2.64. The molecule has 0 fully saturated rings. The van der Waals surface area contributed by atoms with Crippen LogP contribution >= 0.6 is 0 Å².